The summed E-state index contributed by atoms with van der Waals surface area (Å²) >= 11 is 0. The highest BCUT2D eigenvalue weighted by molar-refractivity contribution is 7.45. The fourth-order valence-corrected chi connectivity index (χ4v) is 9.41. The highest BCUT2D eigenvalue weighted by atomic mass is 31.2. The summed E-state index contributed by atoms with van der Waals surface area (Å²) in [5.41, 5.74) is 0. The zero-order valence-corrected chi connectivity index (χ0v) is 49.5. The number of carbonyl (C=O) groups excluding carboxylic acids is 2. The number of amides is 1. The number of likely N-dealkylation sites (N-methyl/N-ethyl adjacent to an activating group) is 1. The van der Waals surface area contributed by atoms with Crippen LogP contribution in [0.3, 0.4) is 0 Å². The lowest BCUT2D eigenvalue weighted by atomic mass is 10.0. The highest BCUT2D eigenvalue weighted by Gasteiger charge is 2.27. The first-order valence-electron chi connectivity index (χ1n) is 30.6. The number of rotatable bonds is 55. The number of hydrogen-bond acceptors (Lipinski definition) is 7. The van der Waals surface area contributed by atoms with Crippen LogP contribution in [0.4, 0.5) is 0 Å². The van der Waals surface area contributed by atoms with Gasteiger partial charge in [-0.2, -0.15) is 0 Å². The Morgan fingerprint density at radius 2 is 0.836 bits per heavy atom. The average Bonchev–Trinajstić information content (AvgIpc) is 3.35. The fraction of sp³-hybridized carbons (Fsp3) is 0.810. The van der Waals surface area contributed by atoms with E-state index in [9.17, 15) is 19.0 Å². The molecule has 0 saturated heterocycles. The molecule has 0 aromatic rings. The zero-order valence-electron chi connectivity index (χ0n) is 48.6. The van der Waals surface area contributed by atoms with Crippen LogP contribution in [-0.4, -0.2) is 69.4 Å². The Balaban J connectivity index is 5.36. The molecule has 0 spiro atoms. The fourth-order valence-electron chi connectivity index (χ4n) is 8.68. The quantitative estimate of drug-likeness (QED) is 0.0212. The first kappa shape index (κ1) is 70.7. The maximum Gasteiger partial charge on any atom is 0.306 e. The van der Waals surface area contributed by atoms with Gasteiger partial charge in [-0.25, -0.2) is 0 Å². The summed E-state index contributed by atoms with van der Waals surface area (Å²) in [5, 5.41) is 3.01. The third kappa shape index (κ3) is 54.3. The number of quaternary nitrogens is 1. The smallest absolute Gasteiger partial charge is 0.306 e. The maximum absolute atomic E-state index is 13.5. The summed E-state index contributed by atoms with van der Waals surface area (Å²) in [6.07, 6.45) is 66.1. The van der Waals surface area contributed by atoms with Gasteiger partial charge in [-0.15, -0.1) is 0 Å². The third-order valence-corrected chi connectivity index (χ3v) is 14.4. The second-order valence-corrected chi connectivity index (χ2v) is 23.3. The van der Waals surface area contributed by atoms with Crippen molar-refractivity contribution in [2.24, 2.45) is 0 Å². The Labute approximate surface area is 451 Å². The number of allylic oxidation sites excluding steroid dienone is 9. The minimum absolute atomic E-state index is 0.0289. The molecule has 0 rings (SSSR count). The summed E-state index contributed by atoms with van der Waals surface area (Å²) in [7, 11) is 1.17. The lowest BCUT2D eigenvalue weighted by molar-refractivity contribution is -0.870. The van der Waals surface area contributed by atoms with Gasteiger partial charge in [0.2, 0.25) is 5.91 Å². The lowest BCUT2D eigenvalue weighted by Gasteiger charge is -2.30. The van der Waals surface area contributed by atoms with Crippen molar-refractivity contribution in [3.8, 4) is 0 Å². The number of hydrogen-bond donors (Lipinski definition) is 1. The minimum atomic E-state index is -4.71. The number of unbranched alkanes of at least 4 members (excludes halogenated alkanes) is 31. The molecular weight excluding hydrogens is 928 g/mol. The predicted octanol–water partition coefficient (Wildman–Crippen LogP) is 18.0. The van der Waals surface area contributed by atoms with Crippen molar-refractivity contribution < 1.29 is 37.3 Å². The molecule has 0 aromatic carbocycles. The normalized spacial score (nSPS) is 14.1. The SMILES string of the molecule is CCCCC/C=C\C/C=C\C/C=C\C/C=C\CCCCCC(=O)NC(COP(=O)([O-])OCC[N+](C)(C)C)C(/C=C/CCCCCCCCCCCCC)OC(=O)CCCCCCCCCCCCCCCCC. The molecule has 1 N–H and O–H groups in total. The van der Waals surface area contributed by atoms with Crippen molar-refractivity contribution in [3.05, 3.63) is 60.8 Å². The molecular formula is C63H117N2O7P. The number of esters is 1. The van der Waals surface area contributed by atoms with E-state index in [0.717, 1.165) is 77.0 Å². The van der Waals surface area contributed by atoms with Gasteiger partial charge >= 0.3 is 5.97 Å². The third-order valence-electron chi connectivity index (χ3n) is 13.5. The molecule has 0 bridgehead atoms. The van der Waals surface area contributed by atoms with Crippen molar-refractivity contribution in [1.29, 1.82) is 0 Å². The molecule has 73 heavy (non-hydrogen) atoms. The Hall–Kier alpha value is -2.29. The van der Waals surface area contributed by atoms with Crippen molar-refractivity contribution in [2.75, 3.05) is 40.9 Å². The van der Waals surface area contributed by atoms with Crippen molar-refractivity contribution in [3.63, 3.8) is 0 Å². The Morgan fingerprint density at radius 3 is 1.29 bits per heavy atom. The zero-order chi connectivity index (χ0) is 53.6. The van der Waals surface area contributed by atoms with Gasteiger partial charge in [0.1, 0.15) is 19.3 Å². The van der Waals surface area contributed by atoms with Gasteiger partial charge in [-0.1, -0.05) is 249 Å². The van der Waals surface area contributed by atoms with Gasteiger partial charge in [0, 0.05) is 12.8 Å². The molecule has 0 aliphatic rings. The van der Waals surface area contributed by atoms with Gasteiger partial charge in [0.15, 0.2) is 0 Å². The van der Waals surface area contributed by atoms with Crippen LogP contribution in [0.5, 0.6) is 0 Å². The first-order valence-corrected chi connectivity index (χ1v) is 32.1. The van der Waals surface area contributed by atoms with E-state index in [-0.39, 0.29) is 31.3 Å². The maximum atomic E-state index is 13.5. The van der Waals surface area contributed by atoms with E-state index < -0.39 is 26.6 Å². The number of phosphoric acid groups is 1. The van der Waals surface area contributed by atoms with Crippen LogP contribution in [-0.2, 0) is 27.9 Å². The van der Waals surface area contributed by atoms with E-state index in [2.05, 4.69) is 74.7 Å². The van der Waals surface area contributed by atoms with Crippen molar-refractivity contribution >= 4 is 19.7 Å². The topological polar surface area (TPSA) is 114 Å². The van der Waals surface area contributed by atoms with Crippen LogP contribution in [0.25, 0.3) is 0 Å². The molecule has 1 amide bonds. The Kier molecular flexibility index (Phi) is 51.5. The van der Waals surface area contributed by atoms with E-state index in [1.54, 1.807) is 0 Å². The number of phosphoric ester groups is 1. The van der Waals surface area contributed by atoms with Gasteiger partial charge in [-0.3, -0.25) is 14.2 Å². The molecule has 0 aliphatic heterocycles. The molecule has 0 fully saturated rings. The Morgan fingerprint density at radius 1 is 0.479 bits per heavy atom. The molecule has 0 aromatic heterocycles. The molecule has 0 heterocycles. The molecule has 0 radical (unpaired) electrons. The van der Waals surface area contributed by atoms with Crippen LogP contribution in [0.2, 0.25) is 0 Å². The van der Waals surface area contributed by atoms with Gasteiger partial charge in [0.25, 0.3) is 7.82 Å². The average molecular weight is 1050 g/mol. The molecule has 9 nitrogen and oxygen atoms in total. The van der Waals surface area contributed by atoms with Crippen molar-refractivity contribution in [2.45, 2.75) is 290 Å². The van der Waals surface area contributed by atoms with Gasteiger partial charge in [0.05, 0.1) is 33.8 Å². The first-order chi connectivity index (χ1) is 35.4. The van der Waals surface area contributed by atoms with E-state index in [4.69, 9.17) is 13.8 Å². The second-order valence-electron chi connectivity index (χ2n) is 21.9. The number of nitrogens with one attached hydrogen (secondary N) is 1. The summed E-state index contributed by atoms with van der Waals surface area (Å²) in [5.74, 6) is -0.570. The van der Waals surface area contributed by atoms with Crippen LogP contribution in [0.1, 0.15) is 278 Å². The van der Waals surface area contributed by atoms with Crippen LogP contribution in [0.15, 0.2) is 60.8 Å². The number of nitrogens with zero attached hydrogens (tertiary/aromatic N) is 1. The second kappa shape index (κ2) is 53.1. The number of ether oxygens (including phenoxy) is 1. The van der Waals surface area contributed by atoms with E-state index in [0.29, 0.717) is 17.4 Å². The molecule has 3 unspecified atom stereocenters. The van der Waals surface area contributed by atoms with E-state index in [1.165, 1.54) is 161 Å². The van der Waals surface area contributed by atoms with Crippen LogP contribution >= 0.6 is 7.82 Å². The van der Waals surface area contributed by atoms with Gasteiger partial charge in [-0.05, 0) is 76.7 Å². The molecule has 0 aliphatic carbocycles. The van der Waals surface area contributed by atoms with Crippen LogP contribution < -0.4 is 10.2 Å². The summed E-state index contributed by atoms with van der Waals surface area (Å²) < 4.78 is 30.3. The van der Waals surface area contributed by atoms with Gasteiger partial charge < -0.3 is 28.5 Å². The summed E-state index contributed by atoms with van der Waals surface area (Å²) in [6.45, 7) is 6.81. The molecule has 0 saturated carbocycles. The van der Waals surface area contributed by atoms with E-state index >= 15 is 0 Å². The minimum Gasteiger partial charge on any atom is -0.756 e. The molecule has 10 heteroatoms. The number of carbonyl (C=O) groups is 2. The predicted molar refractivity (Wildman–Crippen MR) is 312 cm³/mol. The summed E-state index contributed by atoms with van der Waals surface area (Å²) in [4.78, 5) is 39.9. The summed E-state index contributed by atoms with van der Waals surface area (Å²) in [6, 6.07) is -0.904. The molecule has 426 valence electrons. The van der Waals surface area contributed by atoms with Crippen molar-refractivity contribution in [1.82, 2.24) is 5.32 Å². The monoisotopic (exact) mass is 1040 g/mol. The van der Waals surface area contributed by atoms with Crippen LogP contribution in [0, 0.1) is 0 Å². The largest absolute Gasteiger partial charge is 0.756 e. The van der Waals surface area contributed by atoms with E-state index in [1.807, 2.05) is 33.3 Å². The lowest BCUT2D eigenvalue weighted by Crippen LogP contribution is -2.47. The standard InChI is InChI=1S/C63H117N2O7P/c1-7-10-13-16-19-22-25-28-30-31-32-33-35-37-40-43-46-49-52-55-62(66)64-60(59-71-73(68,69)70-58-57-65(4,5)6)61(54-51-48-45-42-39-36-27-24-21-18-15-12-9-3)72-63(67)56-53-50-47-44-41-38-34-29-26-23-20-17-14-11-8-2/h19,22,28,30,32-33,37,40,51,54,60-61H,7-18,20-21,23-27,29,31,34-36,38-39,41-50,52-53,55-59H2,1-6H3,(H-,64,66,68,69)/b22-19-,30-28-,33-32-,40-37-,54-51+. The highest BCUT2D eigenvalue weighted by Crippen LogP contribution is 2.38. The Bertz CT molecular complexity index is 1440. The molecule has 3 atom stereocenters.